The van der Waals surface area contributed by atoms with Crippen molar-refractivity contribution in [1.29, 1.82) is 0 Å². The van der Waals surface area contributed by atoms with Crippen molar-refractivity contribution >= 4 is 0 Å². The molecule has 1 atom stereocenters. The van der Waals surface area contributed by atoms with Crippen molar-refractivity contribution in [2.45, 2.75) is 40.0 Å². The van der Waals surface area contributed by atoms with Crippen molar-refractivity contribution < 1.29 is 5.11 Å². The third-order valence-corrected chi connectivity index (χ3v) is 2.39. The minimum Gasteiger partial charge on any atom is -0.396 e. The average molecular weight is 173 g/mol. The maximum atomic E-state index is 9.28. The van der Waals surface area contributed by atoms with Crippen LogP contribution in [0.3, 0.4) is 0 Å². The van der Waals surface area contributed by atoms with Gasteiger partial charge in [-0.3, -0.25) is 0 Å². The van der Waals surface area contributed by atoms with Crippen molar-refractivity contribution in [3.8, 4) is 0 Å². The molecule has 2 heteroatoms. The van der Waals surface area contributed by atoms with Crippen LogP contribution in [-0.4, -0.2) is 18.3 Å². The summed E-state index contributed by atoms with van der Waals surface area (Å²) in [4.78, 5) is 0. The lowest BCUT2D eigenvalue weighted by molar-refractivity contribution is 0.0978. The van der Waals surface area contributed by atoms with Crippen LogP contribution in [0.25, 0.3) is 0 Å². The first kappa shape index (κ1) is 11.9. The largest absolute Gasteiger partial charge is 0.396 e. The van der Waals surface area contributed by atoms with Crippen molar-refractivity contribution in [2.24, 2.45) is 17.1 Å². The molecule has 0 saturated heterocycles. The predicted octanol–water partition coefficient (Wildman–Crippen LogP) is 1.77. The van der Waals surface area contributed by atoms with Gasteiger partial charge >= 0.3 is 0 Å². The number of aliphatic hydroxyl groups excluding tert-OH is 1. The number of hydrogen-bond acceptors (Lipinski definition) is 2. The Kier molecular flexibility index (Phi) is 5.51. The standard InChI is InChI=1S/C10H23NO/c1-4-5-10(7-11,8-12)6-9(2)3/h9,12H,4-8,11H2,1-3H3. The summed E-state index contributed by atoms with van der Waals surface area (Å²) in [5.41, 5.74) is 5.68. The molecule has 3 N–H and O–H groups in total. The molecule has 0 radical (unpaired) electrons. The first-order valence-electron chi connectivity index (χ1n) is 4.91. The van der Waals surface area contributed by atoms with Gasteiger partial charge in [0.05, 0.1) is 0 Å². The van der Waals surface area contributed by atoms with E-state index >= 15 is 0 Å². The molecule has 12 heavy (non-hydrogen) atoms. The zero-order valence-electron chi connectivity index (χ0n) is 8.64. The molecule has 0 aliphatic carbocycles. The van der Waals surface area contributed by atoms with Gasteiger partial charge in [-0.25, -0.2) is 0 Å². The van der Waals surface area contributed by atoms with Gasteiger partial charge in [-0.05, 0) is 18.8 Å². The van der Waals surface area contributed by atoms with E-state index in [2.05, 4.69) is 20.8 Å². The Morgan fingerprint density at radius 2 is 2.00 bits per heavy atom. The van der Waals surface area contributed by atoms with Crippen molar-refractivity contribution in [1.82, 2.24) is 0 Å². The quantitative estimate of drug-likeness (QED) is 0.643. The van der Waals surface area contributed by atoms with Gasteiger partial charge in [0.1, 0.15) is 0 Å². The summed E-state index contributed by atoms with van der Waals surface area (Å²) in [5.74, 6) is 0.618. The topological polar surface area (TPSA) is 46.2 Å². The minimum absolute atomic E-state index is 0.0110. The molecule has 0 saturated carbocycles. The Bertz CT molecular complexity index is 108. The Morgan fingerprint density at radius 3 is 2.25 bits per heavy atom. The molecule has 0 aromatic heterocycles. The Morgan fingerprint density at radius 1 is 1.42 bits per heavy atom. The molecule has 0 aliphatic heterocycles. The van der Waals surface area contributed by atoms with E-state index in [9.17, 15) is 5.11 Å². The predicted molar refractivity (Wildman–Crippen MR) is 52.9 cm³/mol. The van der Waals surface area contributed by atoms with Gasteiger partial charge in [0.15, 0.2) is 0 Å². The van der Waals surface area contributed by atoms with Gasteiger partial charge < -0.3 is 10.8 Å². The van der Waals surface area contributed by atoms with Crippen LogP contribution in [0.4, 0.5) is 0 Å². The molecule has 74 valence electrons. The van der Waals surface area contributed by atoms with E-state index in [1.54, 1.807) is 0 Å². The third kappa shape index (κ3) is 3.55. The van der Waals surface area contributed by atoms with Gasteiger partial charge in [0.25, 0.3) is 0 Å². The lowest BCUT2D eigenvalue weighted by Gasteiger charge is -2.31. The molecule has 0 spiro atoms. The lowest BCUT2D eigenvalue weighted by Crippen LogP contribution is -2.35. The highest BCUT2D eigenvalue weighted by atomic mass is 16.3. The van der Waals surface area contributed by atoms with E-state index in [-0.39, 0.29) is 12.0 Å². The first-order valence-corrected chi connectivity index (χ1v) is 4.91. The molecule has 0 aromatic carbocycles. The highest BCUT2D eigenvalue weighted by molar-refractivity contribution is 4.80. The maximum absolute atomic E-state index is 9.28. The minimum atomic E-state index is -0.0110. The molecule has 0 aliphatic rings. The summed E-state index contributed by atoms with van der Waals surface area (Å²) in [6, 6.07) is 0. The van der Waals surface area contributed by atoms with E-state index < -0.39 is 0 Å². The van der Waals surface area contributed by atoms with E-state index in [0.29, 0.717) is 12.5 Å². The summed E-state index contributed by atoms with van der Waals surface area (Å²) < 4.78 is 0. The Balaban J connectivity index is 4.13. The third-order valence-electron chi connectivity index (χ3n) is 2.39. The Hall–Kier alpha value is -0.0800. The normalized spacial score (nSPS) is 16.5. The van der Waals surface area contributed by atoms with Crippen LogP contribution >= 0.6 is 0 Å². The summed E-state index contributed by atoms with van der Waals surface area (Å²) in [6.45, 7) is 7.33. The van der Waals surface area contributed by atoms with Crippen molar-refractivity contribution in [2.75, 3.05) is 13.2 Å². The number of rotatable bonds is 6. The fourth-order valence-electron chi connectivity index (χ4n) is 1.89. The molecule has 0 fully saturated rings. The maximum Gasteiger partial charge on any atom is 0.0499 e. The van der Waals surface area contributed by atoms with Crippen LogP contribution in [-0.2, 0) is 0 Å². The van der Waals surface area contributed by atoms with Crippen LogP contribution in [0, 0.1) is 11.3 Å². The highest BCUT2D eigenvalue weighted by Crippen LogP contribution is 2.29. The first-order chi connectivity index (χ1) is 5.60. The van der Waals surface area contributed by atoms with Gasteiger partial charge in [-0.15, -0.1) is 0 Å². The van der Waals surface area contributed by atoms with Crippen molar-refractivity contribution in [3.63, 3.8) is 0 Å². The molecular formula is C10H23NO. The van der Waals surface area contributed by atoms with Crippen LogP contribution in [0.2, 0.25) is 0 Å². The summed E-state index contributed by atoms with van der Waals surface area (Å²) >= 11 is 0. The molecule has 0 amide bonds. The van der Waals surface area contributed by atoms with E-state index in [1.807, 2.05) is 0 Å². The van der Waals surface area contributed by atoms with Crippen LogP contribution in [0.15, 0.2) is 0 Å². The molecule has 0 rings (SSSR count). The molecule has 2 nitrogen and oxygen atoms in total. The highest BCUT2D eigenvalue weighted by Gasteiger charge is 2.27. The molecular weight excluding hydrogens is 150 g/mol. The fourth-order valence-corrected chi connectivity index (χ4v) is 1.89. The fraction of sp³-hybridized carbons (Fsp3) is 1.00. The number of hydrogen-bond donors (Lipinski definition) is 2. The average Bonchev–Trinajstić information content (AvgIpc) is 2.03. The zero-order valence-corrected chi connectivity index (χ0v) is 8.64. The van der Waals surface area contributed by atoms with Gasteiger partial charge in [-0.1, -0.05) is 27.2 Å². The lowest BCUT2D eigenvalue weighted by atomic mass is 9.77. The van der Waals surface area contributed by atoms with E-state index in [1.165, 1.54) is 0 Å². The number of nitrogens with two attached hydrogens (primary N) is 1. The Labute approximate surface area is 76.2 Å². The van der Waals surface area contributed by atoms with Crippen LogP contribution in [0.5, 0.6) is 0 Å². The number of aliphatic hydroxyl groups is 1. The van der Waals surface area contributed by atoms with Gasteiger partial charge in [-0.2, -0.15) is 0 Å². The summed E-state index contributed by atoms with van der Waals surface area (Å²) in [7, 11) is 0. The van der Waals surface area contributed by atoms with Crippen molar-refractivity contribution in [3.05, 3.63) is 0 Å². The van der Waals surface area contributed by atoms with Gasteiger partial charge in [0, 0.05) is 18.6 Å². The second-order valence-corrected chi connectivity index (χ2v) is 4.21. The van der Waals surface area contributed by atoms with E-state index in [4.69, 9.17) is 5.73 Å². The second kappa shape index (κ2) is 5.55. The molecule has 0 heterocycles. The molecule has 0 bridgehead atoms. The molecule has 1 unspecified atom stereocenters. The monoisotopic (exact) mass is 173 g/mol. The SMILES string of the molecule is CCCC(CN)(CO)CC(C)C. The second-order valence-electron chi connectivity index (χ2n) is 4.21. The molecule has 0 aromatic rings. The summed E-state index contributed by atoms with van der Waals surface area (Å²) in [6.07, 6.45) is 3.18. The van der Waals surface area contributed by atoms with Gasteiger partial charge in [0.2, 0.25) is 0 Å². The smallest absolute Gasteiger partial charge is 0.0499 e. The zero-order chi connectivity index (χ0) is 9.61. The summed E-state index contributed by atoms with van der Waals surface area (Å²) in [5, 5.41) is 9.28. The van der Waals surface area contributed by atoms with E-state index in [0.717, 1.165) is 19.3 Å². The van der Waals surface area contributed by atoms with Crippen LogP contribution in [0.1, 0.15) is 40.0 Å². The van der Waals surface area contributed by atoms with Crippen LogP contribution < -0.4 is 5.73 Å².